The highest BCUT2D eigenvalue weighted by Crippen LogP contribution is 2.20. The third-order valence-electron chi connectivity index (χ3n) is 3.15. The molecule has 0 saturated heterocycles. The summed E-state index contributed by atoms with van der Waals surface area (Å²) in [4.78, 5) is 11.1. The molecule has 1 aromatic heterocycles. The van der Waals surface area contributed by atoms with Crippen LogP contribution in [0.4, 0.5) is 0 Å². The molecule has 16 heavy (non-hydrogen) atoms. The number of furan rings is 1. The molecule has 1 unspecified atom stereocenters. The Bertz CT molecular complexity index is 328. The molecule has 1 heterocycles. The molecule has 1 aliphatic rings. The van der Waals surface area contributed by atoms with Crippen LogP contribution in [0.2, 0.25) is 0 Å². The molecule has 2 N–H and O–H groups in total. The van der Waals surface area contributed by atoms with E-state index in [-0.39, 0.29) is 0 Å². The quantitative estimate of drug-likeness (QED) is 0.801. The van der Waals surface area contributed by atoms with Gasteiger partial charge in [-0.25, -0.2) is 0 Å². The van der Waals surface area contributed by atoms with Crippen LogP contribution in [-0.4, -0.2) is 23.7 Å². The monoisotopic (exact) mass is 223 g/mol. The molecule has 0 aromatic carbocycles. The number of hydrogen-bond donors (Lipinski definition) is 2. The normalized spacial score (nSPS) is 18.8. The average molecular weight is 223 g/mol. The minimum atomic E-state index is -0.833. The number of aliphatic carboxylic acids is 1. The molecule has 1 atom stereocenters. The van der Waals surface area contributed by atoms with Gasteiger partial charge < -0.3 is 14.8 Å². The maximum atomic E-state index is 11.1. The van der Waals surface area contributed by atoms with Crippen LogP contribution in [0.25, 0.3) is 0 Å². The van der Waals surface area contributed by atoms with Crippen molar-refractivity contribution in [1.82, 2.24) is 5.32 Å². The lowest BCUT2D eigenvalue weighted by molar-refractivity contribution is -0.139. The summed E-state index contributed by atoms with van der Waals surface area (Å²) in [5, 5.41) is 12.4. The van der Waals surface area contributed by atoms with Gasteiger partial charge in [-0.15, -0.1) is 0 Å². The topological polar surface area (TPSA) is 62.5 Å². The van der Waals surface area contributed by atoms with Crippen LogP contribution in [0.5, 0.6) is 0 Å². The van der Waals surface area contributed by atoms with Crippen LogP contribution in [-0.2, 0) is 4.79 Å². The Balaban J connectivity index is 1.90. The fourth-order valence-corrected chi connectivity index (χ4v) is 2.21. The van der Waals surface area contributed by atoms with Crippen molar-refractivity contribution in [3.05, 3.63) is 24.2 Å². The summed E-state index contributed by atoms with van der Waals surface area (Å²) < 4.78 is 5.15. The number of nitrogens with one attached hydrogen (secondary N) is 1. The first-order valence-electron chi connectivity index (χ1n) is 5.77. The van der Waals surface area contributed by atoms with Gasteiger partial charge in [-0.1, -0.05) is 12.8 Å². The van der Waals surface area contributed by atoms with E-state index in [1.165, 1.54) is 19.1 Å². The maximum Gasteiger partial charge on any atom is 0.315 e. The molecule has 0 bridgehead atoms. The van der Waals surface area contributed by atoms with Gasteiger partial charge in [0.1, 0.15) is 11.7 Å². The van der Waals surface area contributed by atoms with Gasteiger partial charge in [-0.05, 0) is 25.0 Å². The average Bonchev–Trinajstić information content (AvgIpc) is 2.88. The van der Waals surface area contributed by atoms with Crippen molar-refractivity contribution in [1.29, 1.82) is 0 Å². The Kier molecular flexibility index (Phi) is 3.62. The first-order valence-corrected chi connectivity index (χ1v) is 5.77. The molecule has 0 radical (unpaired) electrons. The van der Waals surface area contributed by atoms with Gasteiger partial charge in [-0.3, -0.25) is 4.79 Å². The van der Waals surface area contributed by atoms with E-state index in [4.69, 9.17) is 9.52 Å². The molecule has 1 aromatic rings. The third kappa shape index (κ3) is 2.64. The predicted octanol–water partition coefficient (Wildman–Crippen LogP) is 1.98. The van der Waals surface area contributed by atoms with E-state index in [1.54, 1.807) is 12.1 Å². The van der Waals surface area contributed by atoms with Gasteiger partial charge in [0, 0.05) is 12.6 Å². The first-order chi connectivity index (χ1) is 7.77. The van der Waals surface area contributed by atoms with E-state index in [0.717, 1.165) is 12.8 Å². The highest BCUT2D eigenvalue weighted by molar-refractivity contribution is 5.75. The van der Waals surface area contributed by atoms with Gasteiger partial charge in [0.2, 0.25) is 0 Å². The second-order valence-electron chi connectivity index (χ2n) is 4.30. The van der Waals surface area contributed by atoms with Gasteiger partial charge in [0.15, 0.2) is 0 Å². The highest BCUT2D eigenvalue weighted by atomic mass is 16.4. The summed E-state index contributed by atoms with van der Waals surface area (Å²) in [5.41, 5.74) is 0. The molecule has 1 saturated carbocycles. The van der Waals surface area contributed by atoms with Gasteiger partial charge in [-0.2, -0.15) is 0 Å². The third-order valence-corrected chi connectivity index (χ3v) is 3.15. The van der Waals surface area contributed by atoms with Gasteiger partial charge >= 0.3 is 5.97 Å². The van der Waals surface area contributed by atoms with Gasteiger partial charge in [0.25, 0.3) is 0 Å². The Morgan fingerprint density at radius 1 is 1.56 bits per heavy atom. The molecule has 0 spiro atoms. The summed E-state index contributed by atoms with van der Waals surface area (Å²) in [6.45, 7) is 0.452. The smallest absolute Gasteiger partial charge is 0.315 e. The van der Waals surface area contributed by atoms with Crippen LogP contribution >= 0.6 is 0 Å². The van der Waals surface area contributed by atoms with Crippen LogP contribution in [0.15, 0.2) is 22.8 Å². The van der Waals surface area contributed by atoms with E-state index in [1.807, 2.05) is 0 Å². The number of carbonyl (C=O) groups is 1. The van der Waals surface area contributed by atoms with Crippen molar-refractivity contribution in [2.75, 3.05) is 6.54 Å². The molecule has 0 amide bonds. The molecule has 4 heteroatoms. The number of hydrogen-bond acceptors (Lipinski definition) is 3. The summed E-state index contributed by atoms with van der Waals surface area (Å²) >= 11 is 0. The summed E-state index contributed by atoms with van der Waals surface area (Å²) in [6, 6.07) is 3.92. The molecule has 1 fully saturated rings. The lowest BCUT2D eigenvalue weighted by atomic mass is 10.1. The van der Waals surface area contributed by atoms with Crippen molar-refractivity contribution in [2.45, 2.75) is 37.6 Å². The zero-order valence-corrected chi connectivity index (χ0v) is 9.19. The summed E-state index contributed by atoms with van der Waals surface area (Å²) in [5.74, 6) is -0.881. The van der Waals surface area contributed by atoms with Crippen LogP contribution in [0.1, 0.15) is 37.4 Å². The second-order valence-corrected chi connectivity index (χ2v) is 4.30. The fourth-order valence-electron chi connectivity index (χ4n) is 2.21. The number of carboxylic acids is 1. The molecule has 88 valence electrons. The SMILES string of the molecule is O=C(O)C(CNC1CCCC1)c1ccco1. The van der Waals surface area contributed by atoms with Crippen molar-refractivity contribution in [3.8, 4) is 0 Å². The van der Waals surface area contributed by atoms with Crippen molar-refractivity contribution >= 4 is 5.97 Å². The fraction of sp³-hybridized carbons (Fsp3) is 0.583. The standard InChI is InChI=1S/C12H17NO3/c14-12(15)10(11-6-3-7-16-11)8-13-9-4-1-2-5-9/h3,6-7,9-10,13H,1-2,4-5,8H2,(H,14,15). The summed E-state index contributed by atoms with van der Waals surface area (Å²) in [7, 11) is 0. The highest BCUT2D eigenvalue weighted by Gasteiger charge is 2.24. The lowest BCUT2D eigenvalue weighted by Crippen LogP contribution is -2.33. The van der Waals surface area contributed by atoms with E-state index in [2.05, 4.69) is 5.32 Å². The molecule has 4 nitrogen and oxygen atoms in total. The van der Waals surface area contributed by atoms with Crippen LogP contribution < -0.4 is 5.32 Å². The number of carboxylic acid groups (broad SMARTS) is 1. The molecule has 1 aliphatic carbocycles. The first kappa shape index (κ1) is 11.2. The van der Waals surface area contributed by atoms with Gasteiger partial charge in [0.05, 0.1) is 6.26 Å². The van der Waals surface area contributed by atoms with E-state index < -0.39 is 11.9 Å². The number of rotatable bonds is 5. The molecular formula is C12H17NO3. The Labute approximate surface area is 94.6 Å². The molecular weight excluding hydrogens is 206 g/mol. The Morgan fingerprint density at radius 3 is 2.88 bits per heavy atom. The second kappa shape index (κ2) is 5.16. The summed E-state index contributed by atoms with van der Waals surface area (Å²) in [6.07, 6.45) is 6.32. The van der Waals surface area contributed by atoms with E-state index in [9.17, 15) is 4.79 Å². The van der Waals surface area contributed by atoms with E-state index in [0.29, 0.717) is 18.3 Å². The van der Waals surface area contributed by atoms with Crippen molar-refractivity contribution in [3.63, 3.8) is 0 Å². The lowest BCUT2D eigenvalue weighted by Gasteiger charge is -2.15. The molecule has 0 aliphatic heterocycles. The molecule has 2 rings (SSSR count). The predicted molar refractivity (Wildman–Crippen MR) is 59.3 cm³/mol. The largest absolute Gasteiger partial charge is 0.481 e. The minimum Gasteiger partial charge on any atom is -0.481 e. The zero-order chi connectivity index (χ0) is 11.4. The van der Waals surface area contributed by atoms with Crippen LogP contribution in [0, 0.1) is 0 Å². The Hall–Kier alpha value is -1.29. The minimum absolute atomic E-state index is 0.452. The van der Waals surface area contributed by atoms with Crippen molar-refractivity contribution < 1.29 is 14.3 Å². The van der Waals surface area contributed by atoms with Crippen LogP contribution in [0.3, 0.4) is 0 Å². The maximum absolute atomic E-state index is 11.1. The zero-order valence-electron chi connectivity index (χ0n) is 9.19. The van der Waals surface area contributed by atoms with E-state index >= 15 is 0 Å². The van der Waals surface area contributed by atoms with Crippen molar-refractivity contribution in [2.24, 2.45) is 0 Å². The Morgan fingerprint density at radius 2 is 2.31 bits per heavy atom.